The summed E-state index contributed by atoms with van der Waals surface area (Å²) in [7, 11) is -0.977. The summed E-state index contributed by atoms with van der Waals surface area (Å²) in [6.45, 7) is 6.01. The van der Waals surface area contributed by atoms with Gasteiger partial charge < -0.3 is 19.7 Å². The Morgan fingerprint density at radius 3 is 2.24 bits per heavy atom. The van der Waals surface area contributed by atoms with Crippen LogP contribution in [-0.2, 0) is 26.2 Å². The molecule has 0 spiro atoms. The number of rotatable bonds is 14. The Kier molecular flexibility index (Phi) is 11.2. The number of nitrogens with zero attached hydrogens (tertiary/aromatic N) is 2. The molecule has 10 heteroatoms. The van der Waals surface area contributed by atoms with Crippen molar-refractivity contribution < 1.29 is 27.5 Å². The van der Waals surface area contributed by atoms with Crippen LogP contribution in [0.25, 0.3) is 0 Å². The fraction of sp³-hybridized carbons (Fsp3) is 0.481. The summed E-state index contributed by atoms with van der Waals surface area (Å²) < 4.78 is 37.3. The number of sulfonamides is 1. The predicted molar refractivity (Wildman–Crippen MR) is 145 cm³/mol. The van der Waals surface area contributed by atoms with Crippen LogP contribution >= 0.6 is 0 Å². The van der Waals surface area contributed by atoms with Gasteiger partial charge in [0.25, 0.3) is 0 Å². The third kappa shape index (κ3) is 8.38. The van der Waals surface area contributed by atoms with Gasteiger partial charge in [0.15, 0.2) is 0 Å². The molecule has 0 fully saturated rings. The molecular formula is C27H39N3O6S. The number of aryl methyl sites for hydroxylation is 1. The third-order valence-electron chi connectivity index (χ3n) is 6.02. The number of carbonyl (C=O) groups is 2. The first-order valence-electron chi connectivity index (χ1n) is 12.4. The molecule has 2 aromatic carbocycles. The summed E-state index contributed by atoms with van der Waals surface area (Å²) in [5.41, 5.74) is 2.11. The van der Waals surface area contributed by atoms with E-state index in [1.807, 2.05) is 45.0 Å². The van der Waals surface area contributed by atoms with E-state index in [1.165, 1.54) is 25.2 Å². The maximum absolute atomic E-state index is 13.8. The molecule has 9 nitrogen and oxygen atoms in total. The monoisotopic (exact) mass is 533 g/mol. The van der Waals surface area contributed by atoms with Gasteiger partial charge in [-0.1, -0.05) is 50.1 Å². The van der Waals surface area contributed by atoms with Crippen molar-refractivity contribution in [3.05, 3.63) is 53.6 Å². The highest BCUT2D eigenvalue weighted by molar-refractivity contribution is 7.92. The lowest BCUT2D eigenvalue weighted by molar-refractivity contribution is -0.140. The van der Waals surface area contributed by atoms with Crippen LogP contribution in [0.3, 0.4) is 0 Å². The van der Waals surface area contributed by atoms with Gasteiger partial charge in [0.1, 0.15) is 24.1 Å². The van der Waals surface area contributed by atoms with E-state index in [2.05, 4.69) is 5.32 Å². The van der Waals surface area contributed by atoms with Crippen molar-refractivity contribution in [3.8, 4) is 11.5 Å². The second kappa shape index (κ2) is 13.9. The van der Waals surface area contributed by atoms with E-state index < -0.39 is 28.5 Å². The van der Waals surface area contributed by atoms with E-state index in [0.29, 0.717) is 18.7 Å². The van der Waals surface area contributed by atoms with Gasteiger partial charge in [-0.3, -0.25) is 13.9 Å². The molecule has 2 rings (SSSR count). The van der Waals surface area contributed by atoms with Crippen molar-refractivity contribution in [1.29, 1.82) is 0 Å². The second-order valence-electron chi connectivity index (χ2n) is 8.88. The van der Waals surface area contributed by atoms with E-state index in [-0.39, 0.29) is 23.9 Å². The highest BCUT2D eigenvalue weighted by Crippen LogP contribution is 2.33. The summed E-state index contributed by atoms with van der Waals surface area (Å²) >= 11 is 0. The van der Waals surface area contributed by atoms with Crippen LogP contribution in [0.1, 0.15) is 44.2 Å². The highest BCUT2D eigenvalue weighted by Gasteiger charge is 2.32. The standard InChI is InChI=1S/C27H39N3O6S/c1-7-9-16-28-27(32)23(8-2)29(18-21-12-10-20(3)11-13-21)26(31)19-30(37(6,33)34)24-15-14-22(35-4)17-25(24)36-5/h10-15,17,23H,7-9,16,18-19H2,1-6H3,(H,28,32)/t23-/m0/s1. The summed E-state index contributed by atoms with van der Waals surface area (Å²) in [4.78, 5) is 28.3. The average molecular weight is 534 g/mol. The Morgan fingerprint density at radius 2 is 1.70 bits per heavy atom. The average Bonchev–Trinajstić information content (AvgIpc) is 2.87. The van der Waals surface area contributed by atoms with Crippen LogP contribution in [0.15, 0.2) is 42.5 Å². The molecule has 37 heavy (non-hydrogen) atoms. The maximum atomic E-state index is 13.8. The first-order valence-corrected chi connectivity index (χ1v) is 14.2. The largest absolute Gasteiger partial charge is 0.497 e. The summed E-state index contributed by atoms with van der Waals surface area (Å²) in [6, 6.07) is 11.6. The third-order valence-corrected chi connectivity index (χ3v) is 7.15. The van der Waals surface area contributed by atoms with Crippen molar-refractivity contribution in [2.45, 2.75) is 52.6 Å². The minimum atomic E-state index is -3.88. The lowest BCUT2D eigenvalue weighted by Crippen LogP contribution is -2.52. The van der Waals surface area contributed by atoms with E-state index in [9.17, 15) is 18.0 Å². The fourth-order valence-electron chi connectivity index (χ4n) is 3.90. The van der Waals surface area contributed by atoms with Crippen LogP contribution in [0.4, 0.5) is 5.69 Å². The van der Waals surface area contributed by atoms with Crippen molar-refractivity contribution in [1.82, 2.24) is 10.2 Å². The number of amides is 2. The highest BCUT2D eigenvalue weighted by atomic mass is 32.2. The van der Waals surface area contributed by atoms with Gasteiger partial charge in [-0.15, -0.1) is 0 Å². The number of methoxy groups -OCH3 is 2. The van der Waals surface area contributed by atoms with E-state index in [4.69, 9.17) is 9.47 Å². The van der Waals surface area contributed by atoms with Gasteiger partial charge >= 0.3 is 0 Å². The zero-order valence-corrected chi connectivity index (χ0v) is 23.4. The lowest BCUT2D eigenvalue weighted by atomic mass is 10.1. The van der Waals surface area contributed by atoms with E-state index in [1.54, 1.807) is 12.1 Å². The molecule has 0 aliphatic rings. The van der Waals surface area contributed by atoms with Gasteiger partial charge in [-0.05, 0) is 37.5 Å². The van der Waals surface area contributed by atoms with Crippen molar-refractivity contribution in [2.75, 3.05) is 37.9 Å². The number of hydrogen-bond acceptors (Lipinski definition) is 6. The van der Waals surface area contributed by atoms with Gasteiger partial charge in [0, 0.05) is 19.2 Å². The number of unbranched alkanes of at least 4 members (excludes halogenated alkanes) is 1. The Hall–Kier alpha value is -3.27. The molecule has 0 radical (unpaired) electrons. The number of nitrogens with one attached hydrogen (secondary N) is 1. The lowest BCUT2D eigenvalue weighted by Gasteiger charge is -2.33. The Morgan fingerprint density at radius 1 is 1.03 bits per heavy atom. The Balaban J connectivity index is 2.46. The topological polar surface area (TPSA) is 105 Å². The molecule has 0 saturated heterocycles. The minimum Gasteiger partial charge on any atom is -0.497 e. The van der Waals surface area contributed by atoms with Crippen molar-refractivity contribution in [2.24, 2.45) is 0 Å². The smallest absolute Gasteiger partial charge is 0.244 e. The molecule has 0 saturated carbocycles. The van der Waals surface area contributed by atoms with Crippen molar-refractivity contribution >= 4 is 27.5 Å². The zero-order valence-electron chi connectivity index (χ0n) is 22.6. The summed E-state index contributed by atoms with van der Waals surface area (Å²) in [5.74, 6) is -0.0334. The second-order valence-corrected chi connectivity index (χ2v) is 10.8. The van der Waals surface area contributed by atoms with Crippen LogP contribution in [0.2, 0.25) is 0 Å². The molecule has 0 bridgehead atoms. The Labute approximate surface area is 220 Å². The molecular weight excluding hydrogens is 494 g/mol. The van der Waals surface area contributed by atoms with Gasteiger partial charge in [-0.2, -0.15) is 0 Å². The minimum absolute atomic E-state index is 0.163. The van der Waals surface area contributed by atoms with Crippen LogP contribution in [-0.4, -0.2) is 64.7 Å². The molecule has 2 amide bonds. The summed E-state index contributed by atoms with van der Waals surface area (Å²) in [5, 5.41) is 2.91. The normalized spacial score (nSPS) is 11.9. The first-order chi connectivity index (χ1) is 17.5. The van der Waals surface area contributed by atoms with Crippen molar-refractivity contribution in [3.63, 3.8) is 0 Å². The number of carbonyl (C=O) groups excluding carboxylic acids is 2. The number of anilines is 1. The fourth-order valence-corrected chi connectivity index (χ4v) is 4.75. The molecule has 0 aliphatic carbocycles. The SMILES string of the molecule is CCCCNC(=O)[C@H](CC)N(Cc1ccc(C)cc1)C(=O)CN(c1ccc(OC)cc1OC)S(C)(=O)=O. The number of hydrogen-bond donors (Lipinski definition) is 1. The molecule has 0 aromatic heterocycles. The van der Waals surface area contributed by atoms with Crippen LogP contribution in [0.5, 0.6) is 11.5 Å². The number of benzene rings is 2. The first kappa shape index (κ1) is 30.0. The van der Waals surface area contributed by atoms with E-state index in [0.717, 1.165) is 34.5 Å². The zero-order chi connectivity index (χ0) is 27.6. The van der Waals surface area contributed by atoms with Gasteiger partial charge in [0.05, 0.1) is 26.2 Å². The van der Waals surface area contributed by atoms with Gasteiger partial charge in [-0.25, -0.2) is 8.42 Å². The van der Waals surface area contributed by atoms with Gasteiger partial charge in [0.2, 0.25) is 21.8 Å². The molecule has 204 valence electrons. The molecule has 2 aromatic rings. The van der Waals surface area contributed by atoms with Crippen LogP contribution in [0, 0.1) is 6.92 Å². The quantitative estimate of drug-likeness (QED) is 0.373. The predicted octanol–water partition coefficient (Wildman–Crippen LogP) is 3.50. The molecule has 0 heterocycles. The number of ether oxygens (including phenoxy) is 2. The molecule has 1 N–H and O–H groups in total. The summed E-state index contributed by atoms with van der Waals surface area (Å²) in [6.07, 6.45) is 3.16. The molecule has 1 atom stereocenters. The van der Waals surface area contributed by atoms with Crippen LogP contribution < -0.4 is 19.1 Å². The van der Waals surface area contributed by atoms with E-state index >= 15 is 0 Å². The molecule has 0 unspecified atom stereocenters. The maximum Gasteiger partial charge on any atom is 0.244 e. The molecule has 0 aliphatic heterocycles. The Bertz CT molecular complexity index is 1150.